The van der Waals surface area contributed by atoms with Crippen LogP contribution < -0.4 is 26.6 Å². The molecule has 0 aromatic carbocycles. The standard InChI is InChI=1S/C11H27N5.2ClH.Mn/c1-11-10-15-7-6-13-3-2-12-4-5-14-8-9-16-11;;;/h11-16H,2-10H2,1H3;2*1H;/q;;;+2/p-2/t11-;;;/m0.../s1. The molecule has 1 rings (SSSR count). The summed E-state index contributed by atoms with van der Waals surface area (Å²) in [4.78, 5) is 0. The van der Waals surface area contributed by atoms with Crippen molar-refractivity contribution in [3.05, 3.63) is 0 Å². The molecule has 5 N–H and O–H groups in total. The van der Waals surface area contributed by atoms with Gasteiger partial charge in [-0.05, 0) is 6.92 Å². The van der Waals surface area contributed by atoms with Gasteiger partial charge >= 0.3 is 33.3 Å². The minimum absolute atomic E-state index is 0.00694. The van der Waals surface area contributed by atoms with Gasteiger partial charge in [-0.1, -0.05) is 0 Å². The van der Waals surface area contributed by atoms with Crippen LogP contribution in [-0.4, -0.2) is 64.9 Å². The first-order valence-electron chi connectivity index (χ1n) is 6.74. The minimum atomic E-state index is 0.00694. The zero-order valence-corrected chi connectivity index (χ0v) is 14.3. The monoisotopic (exact) mass is 354 g/mol. The van der Waals surface area contributed by atoms with Gasteiger partial charge in [-0.2, -0.15) is 0 Å². The van der Waals surface area contributed by atoms with Gasteiger partial charge in [0.2, 0.25) is 0 Å². The van der Waals surface area contributed by atoms with Gasteiger partial charge in [-0.15, -0.1) is 0 Å². The van der Waals surface area contributed by atoms with E-state index >= 15 is 0 Å². The van der Waals surface area contributed by atoms with Gasteiger partial charge in [-0.3, -0.25) is 0 Å². The van der Waals surface area contributed by atoms with Gasteiger partial charge in [-0.25, -0.2) is 0 Å². The molecule has 19 heavy (non-hydrogen) atoms. The normalized spacial score (nSPS) is 24.5. The molecule has 117 valence electrons. The second kappa shape index (κ2) is 17.0. The Balaban J connectivity index is 0.000000982. The van der Waals surface area contributed by atoms with E-state index in [-0.39, 0.29) is 13.1 Å². The van der Waals surface area contributed by atoms with Crippen LogP contribution in [0.1, 0.15) is 6.92 Å². The second-order valence-electron chi connectivity index (χ2n) is 4.36. The zero-order chi connectivity index (χ0) is 14.2. The summed E-state index contributed by atoms with van der Waals surface area (Å²) >= 11 is 0.00694. The van der Waals surface area contributed by atoms with E-state index in [2.05, 4.69) is 33.5 Å². The molecule has 0 aliphatic carbocycles. The number of hydrogen-bond donors (Lipinski definition) is 5. The van der Waals surface area contributed by atoms with Gasteiger partial charge in [0, 0.05) is 64.9 Å². The van der Waals surface area contributed by atoms with Crippen LogP contribution in [0.5, 0.6) is 0 Å². The second-order valence-corrected chi connectivity index (χ2v) is 6.31. The first kappa shape index (κ1) is 19.9. The molecule has 0 radical (unpaired) electrons. The molecule has 0 unspecified atom stereocenters. The van der Waals surface area contributed by atoms with Crippen LogP contribution in [0.15, 0.2) is 0 Å². The Morgan fingerprint density at radius 2 is 1.11 bits per heavy atom. The Kier molecular flexibility index (Phi) is 17.8. The van der Waals surface area contributed by atoms with Gasteiger partial charge in [0.05, 0.1) is 0 Å². The molecule has 1 aliphatic heterocycles. The average molecular weight is 355 g/mol. The van der Waals surface area contributed by atoms with E-state index < -0.39 is 0 Å². The van der Waals surface area contributed by atoms with Crippen molar-refractivity contribution in [1.29, 1.82) is 0 Å². The third kappa shape index (κ3) is 16.8. The van der Waals surface area contributed by atoms with Crippen molar-refractivity contribution in [2.45, 2.75) is 13.0 Å². The SMILES string of the molecule is C[C@H]1CNCCNCCNCCNCCN1.[Cl][Mn][Cl]. The van der Waals surface area contributed by atoms with E-state index in [1.54, 1.807) is 0 Å². The summed E-state index contributed by atoms with van der Waals surface area (Å²) in [5.74, 6) is 0. The first-order chi connectivity index (χ1) is 9.31. The van der Waals surface area contributed by atoms with Crippen LogP contribution in [0.2, 0.25) is 0 Å². The van der Waals surface area contributed by atoms with Crippen molar-refractivity contribution in [2.24, 2.45) is 0 Å². The predicted molar refractivity (Wildman–Crippen MR) is 80.6 cm³/mol. The molecule has 0 amide bonds. The van der Waals surface area contributed by atoms with Crippen molar-refractivity contribution in [3.63, 3.8) is 0 Å². The summed E-state index contributed by atoms with van der Waals surface area (Å²) in [7, 11) is 9.59. The molecular weight excluding hydrogens is 328 g/mol. The van der Waals surface area contributed by atoms with E-state index in [1.165, 1.54) is 0 Å². The van der Waals surface area contributed by atoms with Gasteiger partial charge in [0.1, 0.15) is 0 Å². The summed E-state index contributed by atoms with van der Waals surface area (Å²) in [6.45, 7) is 11.7. The molecular formula is C11H27Cl2MnN5. The maximum absolute atomic E-state index is 4.80. The number of halogens is 2. The Bertz CT molecular complexity index is 163. The third-order valence-electron chi connectivity index (χ3n) is 2.68. The molecule has 5 nitrogen and oxygen atoms in total. The molecule has 0 spiro atoms. The van der Waals surface area contributed by atoms with Crippen LogP contribution in [0.25, 0.3) is 0 Å². The van der Waals surface area contributed by atoms with E-state index in [1.807, 2.05) is 0 Å². The molecule has 0 aromatic rings. The summed E-state index contributed by atoms with van der Waals surface area (Å²) in [5, 5.41) is 17.1. The molecule has 1 fully saturated rings. The van der Waals surface area contributed by atoms with E-state index in [9.17, 15) is 0 Å². The molecule has 1 aliphatic rings. The first-order valence-corrected chi connectivity index (χ1v) is 9.99. The van der Waals surface area contributed by atoms with Gasteiger partial charge < -0.3 is 26.6 Å². The summed E-state index contributed by atoms with van der Waals surface area (Å²) in [6, 6.07) is 0.546. The van der Waals surface area contributed by atoms with Crippen molar-refractivity contribution in [3.8, 4) is 0 Å². The van der Waals surface area contributed by atoms with Gasteiger partial charge in [0.15, 0.2) is 0 Å². The van der Waals surface area contributed by atoms with Gasteiger partial charge in [0.25, 0.3) is 0 Å². The Labute approximate surface area is 131 Å². The topological polar surface area (TPSA) is 60.1 Å². The van der Waals surface area contributed by atoms with Crippen LogP contribution in [-0.2, 0) is 13.1 Å². The Morgan fingerprint density at radius 1 is 0.737 bits per heavy atom. The van der Waals surface area contributed by atoms with Crippen molar-refractivity contribution in [1.82, 2.24) is 26.6 Å². The van der Waals surface area contributed by atoms with Crippen molar-refractivity contribution < 1.29 is 13.1 Å². The zero-order valence-electron chi connectivity index (χ0n) is 11.6. The molecule has 1 heterocycles. The van der Waals surface area contributed by atoms with Crippen LogP contribution >= 0.6 is 20.2 Å². The number of rotatable bonds is 0. The Morgan fingerprint density at radius 3 is 1.58 bits per heavy atom. The number of hydrogen-bond acceptors (Lipinski definition) is 5. The van der Waals surface area contributed by atoms with E-state index in [0.717, 1.165) is 58.9 Å². The molecule has 8 heteroatoms. The quantitative estimate of drug-likeness (QED) is 0.387. The number of nitrogens with one attached hydrogen (secondary N) is 5. The van der Waals surface area contributed by atoms with Crippen LogP contribution in [0.3, 0.4) is 0 Å². The molecule has 1 atom stereocenters. The maximum atomic E-state index is 4.80. The summed E-state index contributed by atoms with van der Waals surface area (Å²) in [6.07, 6.45) is 0. The molecule has 1 saturated heterocycles. The average Bonchev–Trinajstić information content (AvgIpc) is 2.40. The fourth-order valence-corrected chi connectivity index (χ4v) is 1.70. The Hall–Kier alpha value is 0.899. The van der Waals surface area contributed by atoms with E-state index in [0.29, 0.717) is 6.04 Å². The summed E-state index contributed by atoms with van der Waals surface area (Å²) in [5.41, 5.74) is 0. The van der Waals surface area contributed by atoms with Crippen molar-refractivity contribution >= 4 is 20.2 Å². The van der Waals surface area contributed by atoms with Crippen LogP contribution in [0, 0.1) is 0 Å². The molecule has 0 bridgehead atoms. The molecule has 0 saturated carbocycles. The predicted octanol–water partition coefficient (Wildman–Crippen LogP) is -0.287. The molecule has 0 aromatic heterocycles. The fourth-order valence-electron chi connectivity index (χ4n) is 1.70. The van der Waals surface area contributed by atoms with E-state index in [4.69, 9.17) is 20.2 Å². The fraction of sp³-hybridized carbons (Fsp3) is 1.00. The third-order valence-corrected chi connectivity index (χ3v) is 2.68. The van der Waals surface area contributed by atoms with Crippen molar-refractivity contribution in [2.75, 3.05) is 58.9 Å². The van der Waals surface area contributed by atoms with Crippen LogP contribution in [0.4, 0.5) is 0 Å². The summed E-state index contributed by atoms with van der Waals surface area (Å²) < 4.78 is 0.